The summed E-state index contributed by atoms with van der Waals surface area (Å²) in [7, 11) is -1.24. The SMILES string of the molecule is CNC(CS(=O)(=O)C(C)C)c1ccc(C)cc1C. The number of benzene rings is 1. The van der Waals surface area contributed by atoms with Gasteiger partial charge in [0.05, 0.1) is 11.0 Å². The fraction of sp³-hybridized carbons (Fsp3) is 0.571. The molecule has 0 aliphatic carbocycles. The van der Waals surface area contributed by atoms with Crippen molar-refractivity contribution in [3.05, 3.63) is 34.9 Å². The summed E-state index contributed by atoms with van der Waals surface area (Å²) in [6.45, 7) is 7.51. The second-order valence-corrected chi connectivity index (χ2v) is 7.68. The molecule has 4 heteroatoms. The van der Waals surface area contributed by atoms with E-state index in [4.69, 9.17) is 0 Å². The Morgan fingerprint density at radius 1 is 1.22 bits per heavy atom. The zero-order chi connectivity index (χ0) is 13.9. The smallest absolute Gasteiger partial charge is 0.154 e. The van der Waals surface area contributed by atoms with E-state index in [1.165, 1.54) is 5.56 Å². The first-order valence-corrected chi connectivity index (χ1v) is 7.95. The van der Waals surface area contributed by atoms with Crippen LogP contribution < -0.4 is 5.32 Å². The van der Waals surface area contributed by atoms with Crippen molar-refractivity contribution >= 4 is 9.84 Å². The molecule has 0 bridgehead atoms. The van der Waals surface area contributed by atoms with Crippen molar-refractivity contribution in [1.29, 1.82) is 0 Å². The van der Waals surface area contributed by atoms with Crippen LogP contribution in [0, 0.1) is 13.8 Å². The second-order valence-electron chi connectivity index (χ2n) is 5.08. The van der Waals surface area contributed by atoms with Crippen LogP contribution in [-0.4, -0.2) is 26.5 Å². The molecule has 0 radical (unpaired) electrons. The number of sulfone groups is 1. The standard InChI is InChI=1S/C14H23NO2S/c1-10(2)18(16,17)9-14(15-5)13-7-6-11(3)8-12(13)4/h6-8,10,14-15H,9H2,1-5H3. The van der Waals surface area contributed by atoms with Crippen LogP contribution in [0.3, 0.4) is 0 Å². The predicted octanol–water partition coefficient (Wildman–Crippen LogP) is 2.39. The van der Waals surface area contributed by atoms with Crippen LogP contribution in [-0.2, 0) is 9.84 Å². The molecule has 1 unspecified atom stereocenters. The number of rotatable bonds is 5. The lowest BCUT2D eigenvalue weighted by Gasteiger charge is -2.20. The van der Waals surface area contributed by atoms with Crippen LogP contribution in [0.25, 0.3) is 0 Å². The Balaban J connectivity index is 3.04. The summed E-state index contributed by atoms with van der Waals surface area (Å²) in [6.07, 6.45) is 0. The summed E-state index contributed by atoms with van der Waals surface area (Å²) in [5.74, 6) is 0.144. The lowest BCUT2D eigenvalue weighted by molar-refractivity contribution is 0.565. The molecule has 0 fully saturated rings. The molecule has 0 aliphatic rings. The van der Waals surface area contributed by atoms with E-state index in [9.17, 15) is 8.42 Å². The van der Waals surface area contributed by atoms with Crippen molar-refractivity contribution in [3.8, 4) is 0 Å². The van der Waals surface area contributed by atoms with Gasteiger partial charge in [0.15, 0.2) is 9.84 Å². The number of hydrogen-bond donors (Lipinski definition) is 1. The maximum Gasteiger partial charge on any atom is 0.154 e. The Labute approximate surface area is 111 Å². The average Bonchev–Trinajstić information content (AvgIpc) is 2.26. The van der Waals surface area contributed by atoms with Crippen LogP contribution >= 0.6 is 0 Å². The monoisotopic (exact) mass is 269 g/mol. The third-order valence-electron chi connectivity index (χ3n) is 3.27. The van der Waals surface area contributed by atoms with Crippen LogP contribution in [0.1, 0.15) is 36.6 Å². The highest BCUT2D eigenvalue weighted by atomic mass is 32.2. The van der Waals surface area contributed by atoms with Crippen LogP contribution in [0.2, 0.25) is 0 Å². The van der Waals surface area contributed by atoms with Gasteiger partial charge in [-0.25, -0.2) is 8.42 Å². The Morgan fingerprint density at radius 2 is 1.83 bits per heavy atom. The van der Waals surface area contributed by atoms with Gasteiger partial charge in [0.2, 0.25) is 0 Å². The molecule has 1 aromatic rings. The third-order valence-corrected chi connectivity index (χ3v) is 5.50. The van der Waals surface area contributed by atoms with Crippen molar-refractivity contribution in [3.63, 3.8) is 0 Å². The zero-order valence-corrected chi connectivity index (χ0v) is 12.6. The molecule has 0 aliphatic heterocycles. The quantitative estimate of drug-likeness (QED) is 0.892. The van der Waals surface area contributed by atoms with Gasteiger partial charge in [-0.3, -0.25) is 0 Å². The molecule has 0 aromatic heterocycles. The summed E-state index contributed by atoms with van der Waals surface area (Å²) < 4.78 is 24.0. The zero-order valence-electron chi connectivity index (χ0n) is 11.8. The van der Waals surface area contributed by atoms with E-state index in [1.54, 1.807) is 20.9 Å². The van der Waals surface area contributed by atoms with Gasteiger partial charge in [0, 0.05) is 6.04 Å². The Bertz CT molecular complexity index is 507. The van der Waals surface area contributed by atoms with Crippen molar-refractivity contribution in [1.82, 2.24) is 5.32 Å². The van der Waals surface area contributed by atoms with Crippen molar-refractivity contribution < 1.29 is 8.42 Å². The van der Waals surface area contributed by atoms with E-state index < -0.39 is 9.84 Å². The first-order valence-electron chi connectivity index (χ1n) is 6.24. The summed E-state index contributed by atoms with van der Waals surface area (Å²) in [6, 6.07) is 5.98. The van der Waals surface area contributed by atoms with E-state index in [0.29, 0.717) is 0 Å². The normalized spacial score (nSPS) is 13.9. The summed E-state index contributed by atoms with van der Waals surface area (Å²) in [5, 5.41) is 2.78. The third kappa shape index (κ3) is 3.56. The van der Waals surface area contributed by atoms with Crippen molar-refractivity contribution in [2.24, 2.45) is 0 Å². The van der Waals surface area contributed by atoms with E-state index in [1.807, 2.05) is 26.0 Å². The molecule has 0 spiro atoms. The van der Waals surface area contributed by atoms with Gasteiger partial charge in [0.1, 0.15) is 0 Å². The van der Waals surface area contributed by atoms with Gasteiger partial charge in [-0.05, 0) is 45.9 Å². The summed E-state index contributed by atoms with van der Waals surface area (Å²) >= 11 is 0. The molecular formula is C14H23NO2S. The number of aryl methyl sites for hydroxylation is 2. The number of hydrogen-bond acceptors (Lipinski definition) is 3. The second kappa shape index (κ2) is 5.85. The first kappa shape index (κ1) is 15.2. The summed E-state index contributed by atoms with van der Waals surface area (Å²) in [5.41, 5.74) is 3.39. The van der Waals surface area contributed by atoms with Gasteiger partial charge in [-0.15, -0.1) is 0 Å². The largest absolute Gasteiger partial charge is 0.312 e. The minimum Gasteiger partial charge on any atom is -0.312 e. The molecule has 3 nitrogen and oxygen atoms in total. The maximum absolute atomic E-state index is 12.0. The van der Waals surface area contributed by atoms with Gasteiger partial charge in [-0.1, -0.05) is 23.8 Å². The maximum atomic E-state index is 12.0. The van der Waals surface area contributed by atoms with E-state index >= 15 is 0 Å². The van der Waals surface area contributed by atoms with E-state index in [2.05, 4.69) is 11.4 Å². The Kier molecular flexibility index (Phi) is 4.93. The highest BCUT2D eigenvalue weighted by molar-refractivity contribution is 7.92. The van der Waals surface area contributed by atoms with Crippen molar-refractivity contribution in [2.75, 3.05) is 12.8 Å². The van der Waals surface area contributed by atoms with E-state index in [-0.39, 0.29) is 17.0 Å². The van der Waals surface area contributed by atoms with Gasteiger partial charge in [0.25, 0.3) is 0 Å². The molecule has 1 rings (SSSR count). The highest BCUT2D eigenvalue weighted by Crippen LogP contribution is 2.21. The van der Waals surface area contributed by atoms with Crippen LogP contribution in [0.4, 0.5) is 0 Å². The fourth-order valence-electron chi connectivity index (χ4n) is 1.97. The van der Waals surface area contributed by atoms with Gasteiger partial charge in [-0.2, -0.15) is 0 Å². The first-order chi connectivity index (χ1) is 8.27. The molecule has 0 amide bonds. The Morgan fingerprint density at radius 3 is 2.28 bits per heavy atom. The number of nitrogens with one attached hydrogen (secondary N) is 1. The Hall–Kier alpha value is -0.870. The molecule has 18 heavy (non-hydrogen) atoms. The minimum absolute atomic E-state index is 0.141. The molecule has 1 aromatic carbocycles. The minimum atomic E-state index is -3.05. The van der Waals surface area contributed by atoms with E-state index in [0.717, 1.165) is 11.1 Å². The van der Waals surface area contributed by atoms with Crippen LogP contribution in [0.15, 0.2) is 18.2 Å². The fourth-order valence-corrected chi connectivity index (χ4v) is 3.17. The van der Waals surface area contributed by atoms with Gasteiger partial charge >= 0.3 is 0 Å². The molecule has 1 N–H and O–H groups in total. The average molecular weight is 269 g/mol. The van der Waals surface area contributed by atoms with Crippen molar-refractivity contribution in [2.45, 2.75) is 39.0 Å². The topological polar surface area (TPSA) is 46.2 Å². The molecule has 0 saturated carbocycles. The summed E-state index contributed by atoms with van der Waals surface area (Å²) in [4.78, 5) is 0. The lowest BCUT2D eigenvalue weighted by atomic mass is 10.0. The predicted molar refractivity (Wildman–Crippen MR) is 76.6 cm³/mol. The van der Waals surface area contributed by atoms with Crippen LogP contribution in [0.5, 0.6) is 0 Å². The lowest BCUT2D eigenvalue weighted by Crippen LogP contribution is -2.29. The molecule has 0 saturated heterocycles. The molecule has 0 heterocycles. The highest BCUT2D eigenvalue weighted by Gasteiger charge is 2.23. The molecule has 1 atom stereocenters. The molecule has 102 valence electrons. The molecular weight excluding hydrogens is 246 g/mol. The van der Waals surface area contributed by atoms with Gasteiger partial charge < -0.3 is 5.32 Å².